The molecule has 0 N–H and O–H groups in total. The van der Waals surface area contributed by atoms with Crippen LogP contribution >= 0.6 is 0 Å². The molecular formula is C15H22N8O. The van der Waals surface area contributed by atoms with Gasteiger partial charge in [-0.2, -0.15) is 5.10 Å². The van der Waals surface area contributed by atoms with Gasteiger partial charge in [0.25, 0.3) is 0 Å². The molecule has 4 rings (SSSR count). The lowest BCUT2D eigenvalue weighted by atomic mass is 10.2. The summed E-state index contributed by atoms with van der Waals surface area (Å²) in [6, 6.07) is 4.36. The van der Waals surface area contributed by atoms with Crippen molar-refractivity contribution in [2.24, 2.45) is 0 Å². The fourth-order valence-corrected chi connectivity index (χ4v) is 3.05. The summed E-state index contributed by atoms with van der Waals surface area (Å²) in [6.07, 6.45) is 4.19. The van der Waals surface area contributed by atoms with Gasteiger partial charge in [0.2, 0.25) is 0 Å². The molecule has 2 aromatic heterocycles. The van der Waals surface area contributed by atoms with Crippen molar-refractivity contribution in [3.8, 4) is 0 Å². The number of morpholine rings is 1. The van der Waals surface area contributed by atoms with E-state index in [0.717, 1.165) is 44.4 Å². The zero-order valence-electron chi connectivity index (χ0n) is 13.8. The molecule has 9 nitrogen and oxygen atoms in total. The van der Waals surface area contributed by atoms with Gasteiger partial charge in [-0.05, 0) is 35.4 Å². The Balaban J connectivity index is 1.34. The standard InChI is InChI=1S/C15H22N8O/c1-21(14-3-2-6-16-17-14)9-13-10-22(7-8-24-13)11-15-18-19-20-23(15)12-4-5-12/h2-3,6,12-13H,4-5,7-11H2,1H3/t13-/m1/s1. The Morgan fingerprint density at radius 3 is 3.04 bits per heavy atom. The van der Waals surface area contributed by atoms with Crippen LogP contribution in [0.15, 0.2) is 18.3 Å². The molecule has 1 aliphatic carbocycles. The normalized spacial score (nSPS) is 21.8. The van der Waals surface area contributed by atoms with Crippen LogP contribution in [0.4, 0.5) is 5.82 Å². The Morgan fingerprint density at radius 2 is 2.25 bits per heavy atom. The summed E-state index contributed by atoms with van der Waals surface area (Å²) in [4.78, 5) is 4.44. The maximum atomic E-state index is 5.92. The van der Waals surface area contributed by atoms with E-state index in [9.17, 15) is 0 Å². The number of ether oxygens (including phenoxy) is 1. The zero-order valence-corrected chi connectivity index (χ0v) is 13.8. The average molecular weight is 330 g/mol. The summed E-state index contributed by atoms with van der Waals surface area (Å²) in [6.45, 7) is 4.05. The van der Waals surface area contributed by atoms with E-state index >= 15 is 0 Å². The monoisotopic (exact) mass is 330 g/mol. The number of aromatic nitrogens is 6. The van der Waals surface area contributed by atoms with E-state index in [2.05, 4.69) is 35.5 Å². The summed E-state index contributed by atoms with van der Waals surface area (Å²) < 4.78 is 7.90. The largest absolute Gasteiger partial charge is 0.374 e. The molecule has 3 heterocycles. The van der Waals surface area contributed by atoms with Gasteiger partial charge < -0.3 is 9.64 Å². The van der Waals surface area contributed by atoms with Gasteiger partial charge >= 0.3 is 0 Å². The highest BCUT2D eigenvalue weighted by molar-refractivity contribution is 5.35. The fourth-order valence-electron chi connectivity index (χ4n) is 3.05. The first-order valence-electron chi connectivity index (χ1n) is 8.39. The van der Waals surface area contributed by atoms with Crippen molar-refractivity contribution in [3.05, 3.63) is 24.2 Å². The van der Waals surface area contributed by atoms with Crippen molar-refractivity contribution in [1.82, 2.24) is 35.3 Å². The molecule has 2 fully saturated rings. The van der Waals surface area contributed by atoms with E-state index in [0.29, 0.717) is 6.04 Å². The minimum Gasteiger partial charge on any atom is -0.374 e. The molecule has 0 amide bonds. The Bertz CT molecular complexity index is 659. The number of tetrazole rings is 1. The second-order valence-electron chi connectivity index (χ2n) is 6.46. The highest BCUT2D eigenvalue weighted by Crippen LogP contribution is 2.34. The maximum Gasteiger partial charge on any atom is 0.165 e. The fraction of sp³-hybridized carbons (Fsp3) is 0.667. The van der Waals surface area contributed by atoms with Crippen LogP contribution in [0.2, 0.25) is 0 Å². The highest BCUT2D eigenvalue weighted by atomic mass is 16.5. The average Bonchev–Trinajstić information content (AvgIpc) is 3.36. The first-order chi connectivity index (χ1) is 11.8. The number of hydrogen-bond acceptors (Lipinski definition) is 8. The summed E-state index contributed by atoms with van der Waals surface area (Å²) in [5, 5.41) is 20.2. The smallest absolute Gasteiger partial charge is 0.165 e. The van der Waals surface area contributed by atoms with Crippen molar-refractivity contribution in [1.29, 1.82) is 0 Å². The second kappa shape index (κ2) is 6.78. The molecule has 2 aliphatic rings. The molecule has 128 valence electrons. The topological polar surface area (TPSA) is 85.1 Å². The summed E-state index contributed by atoms with van der Waals surface area (Å²) in [5.41, 5.74) is 0. The Hall–Kier alpha value is -2.13. The third kappa shape index (κ3) is 3.51. The van der Waals surface area contributed by atoms with Crippen LogP contribution in [0, 0.1) is 0 Å². The highest BCUT2D eigenvalue weighted by Gasteiger charge is 2.29. The molecule has 0 aromatic carbocycles. The van der Waals surface area contributed by atoms with Crippen LogP contribution in [0.25, 0.3) is 0 Å². The number of hydrogen-bond donors (Lipinski definition) is 0. The van der Waals surface area contributed by atoms with Gasteiger partial charge in [-0.1, -0.05) is 0 Å². The number of rotatable bonds is 6. The van der Waals surface area contributed by atoms with E-state index in [1.54, 1.807) is 6.20 Å². The maximum absolute atomic E-state index is 5.92. The summed E-state index contributed by atoms with van der Waals surface area (Å²) in [5.74, 6) is 1.82. The van der Waals surface area contributed by atoms with Crippen LogP contribution < -0.4 is 4.90 Å². The van der Waals surface area contributed by atoms with Crippen molar-refractivity contribution >= 4 is 5.82 Å². The second-order valence-corrected chi connectivity index (χ2v) is 6.46. The molecule has 24 heavy (non-hydrogen) atoms. The summed E-state index contributed by atoms with van der Waals surface area (Å²) >= 11 is 0. The zero-order chi connectivity index (χ0) is 16.4. The molecule has 1 saturated heterocycles. The Morgan fingerprint density at radius 1 is 1.33 bits per heavy atom. The van der Waals surface area contributed by atoms with Crippen LogP contribution in [-0.2, 0) is 11.3 Å². The molecular weight excluding hydrogens is 308 g/mol. The third-order valence-corrected chi connectivity index (χ3v) is 4.47. The van der Waals surface area contributed by atoms with E-state index in [4.69, 9.17) is 4.74 Å². The van der Waals surface area contributed by atoms with E-state index in [-0.39, 0.29) is 6.10 Å². The van der Waals surface area contributed by atoms with Gasteiger partial charge in [0.1, 0.15) is 0 Å². The first kappa shape index (κ1) is 15.4. The molecule has 9 heteroatoms. The van der Waals surface area contributed by atoms with Gasteiger partial charge in [-0.3, -0.25) is 4.90 Å². The van der Waals surface area contributed by atoms with Crippen LogP contribution in [0.5, 0.6) is 0 Å². The predicted octanol–water partition coefficient (Wildman–Crippen LogP) is 0.135. The van der Waals surface area contributed by atoms with Crippen LogP contribution in [0.3, 0.4) is 0 Å². The molecule has 1 saturated carbocycles. The van der Waals surface area contributed by atoms with Gasteiger partial charge in [0.05, 0.1) is 25.3 Å². The lowest BCUT2D eigenvalue weighted by Crippen LogP contribution is -2.47. The third-order valence-electron chi connectivity index (χ3n) is 4.47. The molecule has 0 bridgehead atoms. The van der Waals surface area contributed by atoms with Crippen molar-refractivity contribution in [2.45, 2.75) is 31.5 Å². The number of likely N-dealkylation sites (N-methyl/N-ethyl adjacent to an activating group) is 1. The lowest BCUT2D eigenvalue weighted by Gasteiger charge is -2.34. The number of anilines is 1. The van der Waals surface area contributed by atoms with Crippen LogP contribution in [0.1, 0.15) is 24.7 Å². The Kier molecular flexibility index (Phi) is 4.35. The minimum absolute atomic E-state index is 0.135. The minimum atomic E-state index is 0.135. The van der Waals surface area contributed by atoms with Gasteiger partial charge in [-0.15, -0.1) is 10.2 Å². The van der Waals surface area contributed by atoms with Crippen molar-refractivity contribution in [2.75, 3.05) is 38.2 Å². The molecule has 2 aromatic rings. The Labute approximate surface area is 140 Å². The van der Waals surface area contributed by atoms with Crippen LogP contribution in [-0.4, -0.2) is 74.7 Å². The molecule has 0 spiro atoms. The molecule has 1 aliphatic heterocycles. The lowest BCUT2D eigenvalue weighted by molar-refractivity contribution is -0.0276. The molecule has 1 atom stereocenters. The van der Waals surface area contributed by atoms with Gasteiger partial charge in [0, 0.05) is 32.9 Å². The summed E-state index contributed by atoms with van der Waals surface area (Å²) in [7, 11) is 2.01. The number of nitrogens with zero attached hydrogens (tertiary/aromatic N) is 8. The van der Waals surface area contributed by atoms with E-state index in [1.807, 2.05) is 23.9 Å². The predicted molar refractivity (Wildman–Crippen MR) is 86.4 cm³/mol. The quantitative estimate of drug-likeness (QED) is 0.739. The van der Waals surface area contributed by atoms with Crippen molar-refractivity contribution < 1.29 is 4.74 Å². The van der Waals surface area contributed by atoms with E-state index < -0.39 is 0 Å². The van der Waals surface area contributed by atoms with Gasteiger partial charge in [-0.25, -0.2) is 4.68 Å². The van der Waals surface area contributed by atoms with Crippen molar-refractivity contribution in [3.63, 3.8) is 0 Å². The van der Waals surface area contributed by atoms with Gasteiger partial charge in [0.15, 0.2) is 11.6 Å². The SMILES string of the molecule is CN(C[C@@H]1CN(Cc2nnnn2C2CC2)CCO1)c1cccnn1. The molecule has 0 unspecified atom stereocenters. The molecule has 0 radical (unpaired) electrons. The first-order valence-corrected chi connectivity index (χ1v) is 8.39. The van der Waals surface area contributed by atoms with E-state index in [1.165, 1.54) is 12.8 Å².